The minimum atomic E-state index is -4.26. The molecule has 0 radical (unpaired) electrons. The van der Waals surface area contributed by atoms with Crippen molar-refractivity contribution in [1.82, 2.24) is 14.7 Å². The average Bonchev–Trinajstić information content (AvgIpc) is 3.45. The molecule has 0 aliphatic carbocycles. The highest BCUT2D eigenvalue weighted by Crippen LogP contribution is 2.35. The SMILES string of the molecule is O=C1/C(=C/c2cn(-c3ccccc3)nc2-c2ccc(Oc3ccccc3F)cc2)SC(=S)N1CCS(=O)(=O)O. The second-order valence-corrected chi connectivity index (χ2v) is 11.6. The van der Waals surface area contributed by atoms with E-state index in [2.05, 4.69) is 0 Å². The topological polar surface area (TPSA) is 102 Å². The number of thioether (sulfide) groups is 1. The van der Waals surface area contributed by atoms with Crippen LogP contribution in [-0.2, 0) is 14.9 Å². The molecule has 1 amide bonds. The maximum Gasteiger partial charge on any atom is 0.266 e. The van der Waals surface area contributed by atoms with Crippen molar-refractivity contribution in [2.75, 3.05) is 12.3 Å². The number of carbonyl (C=O) groups excluding carboxylic acids is 1. The predicted molar refractivity (Wildman–Crippen MR) is 152 cm³/mol. The van der Waals surface area contributed by atoms with E-state index in [0.717, 1.165) is 27.9 Å². The van der Waals surface area contributed by atoms with Gasteiger partial charge in [-0.05, 0) is 54.6 Å². The van der Waals surface area contributed by atoms with Crippen molar-refractivity contribution in [3.63, 3.8) is 0 Å². The van der Waals surface area contributed by atoms with Crippen LogP contribution in [0.1, 0.15) is 5.56 Å². The van der Waals surface area contributed by atoms with E-state index in [9.17, 15) is 17.6 Å². The lowest BCUT2D eigenvalue weighted by atomic mass is 10.1. The van der Waals surface area contributed by atoms with Crippen LogP contribution in [0.25, 0.3) is 23.0 Å². The van der Waals surface area contributed by atoms with Crippen LogP contribution in [0, 0.1) is 5.82 Å². The van der Waals surface area contributed by atoms with Gasteiger partial charge in [-0.1, -0.05) is 54.3 Å². The van der Waals surface area contributed by atoms with Gasteiger partial charge < -0.3 is 4.74 Å². The third kappa shape index (κ3) is 6.25. The molecule has 1 aliphatic rings. The molecule has 4 aromatic rings. The van der Waals surface area contributed by atoms with E-state index in [1.54, 1.807) is 53.4 Å². The first-order valence-corrected chi connectivity index (χ1v) is 14.4. The number of rotatable bonds is 8. The van der Waals surface area contributed by atoms with Crippen LogP contribution in [0.4, 0.5) is 4.39 Å². The highest BCUT2D eigenvalue weighted by atomic mass is 32.2. The Kier molecular flexibility index (Phi) is 7.62. The number of halogens is 1. The summed E-state index contributed by atoms with van der Waals surface area (Å²) in [6.07, 6.45) is 3.43. The van der Waals surface area contributed by atoms with Crippen LogP contribution < -0.4 is 4.74 Å². The molecule has 2 heterocycles. The molecule has 39 heavy (non-hydrogen) atoms. The smallest absolute Gasteiger partial charge is 0.266 e. The average molecular weight is 582 g/mol. The van der Waals surface area contributed by atoms with Crippen molar-refractivity contribution in [3.8, 4) is 28.4 Å². The third-order valence-corrected chi connectivity index (χ3v) is 7.76. The van der Waals surface area contributed by atoms with Gasteiger partial charge in [0.2, 0.25) is 0 Å². The van der Waals surface area contributed by atoms with Crippen LogP contribution >= 0.6 is 24.0 Å². The van der Waals surface area contributed by atoms with Gasteiger partial charge in [0.05, 0.1) is 22.0 Å². The van der Waals surface area contributed by atoms with Gasteiger partial charge in [0, 0.05) is 23.9 Å². The van der Waals surface area contributed by atoms with Crippen molar-refractivity contribution >= 4 is 50.4 Å². The fraction of sp³-hybridized carbons (Fsp3) is 0.0741. The summed E-state index contributed by atoms with van der Waals surface area (Å²) < 4.78 is 52.9. The van der Waals surface area contributed by atoms with Crippen LogP contribution in [0.5, 0.6) is 11.5 Å². The fourth-order valence-electron chi connectivity index (χ4n) is 3.81. The third-order valence-electron chi connectivity index (χ3n) is 5.69. The lowest BCUT2D eigenvalue weighted by molar-refractivity contribution is -0.121. The number of hydrogen-bond donors (Lipinski definition) is 1. The van der Waals surface area contributed by atoms with Gasteiger partial charge in [-0.25, -0.2) is 9.07 Å². The Morgan fingerprint density at radius 2 is 1.72 bits per heavy atom. The summed E-state index contributed by atoms with van der Waals surface area (Å²) in [4.78, 5) is 14.4. The summed E-state index contributed by atoms with van der Waals surface area (Å²) >= 11 is 6.31. The van der Waals surface area contributed by atoms with Crippen molar-refractivity contribution in [3.05, 3.63) is 101 Å². The molecule has 0 spiro atoms. The quantitative estimate of drug-likeness (QED) is 0.164. The summed E-state index contributed by atoms with van der Waals surface area (Å²) in [5, 5.41) is 4.74. The number of ether oxygens (including phenoxy) is 1. The maximum atomic E-state index is 14.0. The molecule has 1 aliphatic heterocycles. The lowest BCUT2D eigenvalue weighted by Crippen LogP contribution is -2.32. The minimum absolute atomic E-state index is 0.107. The molecule has 1 N–H and O–H groups in total. The van der Waals surface area contributed by atoms with Crippen LogP contribution in [0.15, 0.2) is 90.0 Å². The zero-order chi connectivity index (χ0) is 27.6. The van der Waals surface area contributed by atoms with Gasteiger partial charge in [0.15, 0.2) is 11.6 Å². The largest absolute Gasteiger partial charge is 0.454 e. The van der Waals surface area contributed by atoms with E-state index in [4.69, 9.17) is 26.6 Å². The number of amides is 1. The molecule has 0 saturated carbocycles. The van der Waals surface area contributed by atoms with E-state index in [-0.39, 0.29) is 16.6 Å². The van der Waals surface area contributed by atoms with Gasteiger partial charge in [-0.15, -0.1) is 0 Å². The number of nitrogens with zero attached hydrogens (tertiary/aromatic N) is 3. The van der Waals surface area contributed by atoms with Crippen LogP contribution in [-0.4, -0.2) is 50.2 Å². The molecule has 1 aromatic heterocycles. The highest BCUT2D eigenvalue weighted by molar-refractivity contribution is 8.26. The van der Waals surface area contributed by atoms with Gasteiger partial charge in [0.1, 0.15) is 10.1 Å². The standard InChI is InChI=1S/C27H20FN3O5S3/c28-22-8-4-5-9-23(22)36-21-12-10-18(11-13-21)25-19(17-31(29-25)20-6-2-1-3-7-20)16-24-26(32)30(27(37)38-24)14-15-39(33,34)35/h1-13,16-17H,14-15H2,(H,33,34,35)/b24-16-. The second kappa shape index (κ2) is 11.1. The Labute approximate surface area is 233 Å². The Morgan fingerprint density at radius 1 is 1.03 bits per heavy atom. The lowest BCUT2D eigenvalue weighted by Gasteiger charge is -2.12. The number of benzene rings is 3. The molecule has 3 aromatic carbocycles. The molecule has 0 unspecified atom stereocenters. The maximum absolute atomic E-state index is 14.0. The van der Waals surface area contributed by atoms with E-state index in [0.29, 0.717) is 21.9 Å². The van der Waals surface area contributed by atoms with E-state index in [1.165, 1.54) is 12.1 Å². The first-order chi connectivity index (χ1) is 18.7. The zero-order valence-electron chi connectivity index (χ0n) is 20.1. The molecule has 0 atom stereocenters. The number of carbonyl (C=O) groups is 1. The molecule has 198 valence electrons. The summed E-state index contributed by atoms with van der Waals surface area (Å²) in [6.45, 7) is -0.250. The predicted octanol–water partition coefficient (Wildman–Crippen LogP) is 5.56. The summed E-state index contributed by atoms with van der Waals surface area (Å²) in [5.41, 5.74) is 2.72. The normalized spacial score (nSPS) is 14.8. The number of para-hydroxylation sites is 2. The minimum Gasteiger partial charge on any atom is -0.454 e. The molecule has 1 fully saturated rings. The summed E-state index contributed by atoms with van der Waals surface area (Å²) in [6, 6.07) is 22.5. The number of thiocarbonyl (C=S) groups is 1. The fourth-order valence-corrected chi connectivity index (χ4v) is 5.52. The van der Waals surface area contributed by atoms with Crippen molar-refractivity contribution in [2.24, 2.45) is 0 Å². The molecule has 8 nitrogen and oxygen atoms in total. The monoisotopic (exact) mass is 581 g/mol. The Balaban J connectivity index is 1.48. The summed E-state index contributed by atoms with van der Waals surface area (Å²) in [7, 11) is -4.26. The van der Waals surface area contributed by atoms with E-state index < -0.39 is 27.6 Å². The number of hydrogen-bond acceptors (Lipinski definition) is 7. The van der Waals surface area contributed by atoms with E-state index in [1.807, 2.05) is 30.3 Å². The Hall–Kier alpha value is -3.84. The highest BCUT2D eigenvalue weighted by Gasteiger charge is 2.33. The zero-order valence-corrected chi connectivity index (χ0v) is 22.5. The molecule has 12 heteroatoms. The van der Waals surface area contributed by atoms with Gasteiger partial charge in [-0.2, -0.15) is 13.5 Å². The Morgan fingerprint density at radius 3 is 2.41 bits per heavy atom. The van der Waals surface area contributed by atoms with Crippen molar-refractivity contribution < 1.29 is 26.9 Å². The van der Waals surface area contributed by atoms with E-state index >= 15 is 0 Å². The number of aromatic nitrogens is 2. The van der Waals surface area contributed by atoms with Crippen LogP contribution in [0.2, 0.25) is 0 Å². The first kappa shape index (κ1) is 26.8. The Bertz CT molecular complexity index is 1690. The molecule has 5 rings (SSSR count). The molecular weight excluding hydrogens is 562 g/mol. The first-order valence-electron chi connectivity index (χ1n) is 11.6. The van der Waals surface area contributed by atoms with Crippen molar-refractivity contribution in [2.45, 2.75) is 0 Å². The van der Waals surface area contributed by atoms with Crippen LogP contribution in [0.3, 0.4) is 0 Å². The molecule has 1 saturated heterocycles. The summed E-state index contributed by atoms with van der Waals surface area (Å²) in [5.74, 6) is -1.01. The molecular formula is C27H20FN3O5S3. The van der Waals surface area contributed by atoms with Gasteiger partial charge in [-0.3, -0.25) is 14.2 Å². The molecule has 0 bridgehead atoms. The van der Waals surface area contributed by atoms with Gasteiger partial charge in [0.25, 0.3) is 16.0 Å². The second-order valence-electron chi connectivity index (χ2n) is 8.39. The van der Waals surface area contributed by atoms with Crippen molar-refractivity contribution in [1.29, 1.82) is 0 Å². The van der Waals surface area contributed by atoms with Gasteiger partial charge >= 0.3 is 0 Å².